The van der Waals surface area contributed by atoms with E-state index < -0.39 is 0 Å². The molecule has 0 aromatic heterocycles. The summed E-state index contributed by atoms with van der Waals surface area (Å²) in [5.74, 6) is 0.259. The predicted molar refractivity (Wildman–Crippen MR) is 141 cm³/mol. The van der Waals surface area contributed by atoms with E-state index >= 15 is 0 Å². The molecule has 3 aromatic carbocycles. The fourth-order valence-electron chi connectivity index (χ4n) is 5.82. The first-order chi connectivity index (χ1) is 16.6. The monoisotopic (exact) mass is 452 g/mol. The highest BCUT2D eigenvalue weighted by atomic mass is 16.5. The maximum absolute atomic E-state index is 10.0. The van der Waals surface area contributed by atoms with Crippen molar-refractivity contribution in [2.75, 3.05) is 32.3 Å². The van der Waals surface area contributed by atoms with Gasteiger partial charge in [-0.15, -0.1) is 0 Å². The molecular weight excluding hydrogens is 420 g/mol. The van der Waals surface area contributed by atoms with Gasteiger partial charge < -0.3 is 19.6 Å². The van der Waals surface area contributed by atoms with Gasteiger partial charge in [-0.2, -0.15) is 0 Å². The van der Waals surface area contributed by atoms with Crippen molar-refractivity contribution in [3.05, 3.63) is 102 Å². The fourth-order valence-corrected chi connectivity index (χ4v) is 5.82. The van der Waals surface area contributed by atoms with Crippen LogP contribution in [0, 0.1) is 0 Å². The Bertz CT molecular complexity index is 1280. The highest BCUT2D eigenvalue weighted by molar-refractivity contribution is 6.10. The van der Waals surface area contributed by atoms with Crippen LogP contribution < -0.4 is 4.90 Å². The Labute approximate surface area is 202 Å². The Morgan fingerprint density at radius 2 is 1.85 bits per heavy atom. The van der Waals surface area contributed by atoms with Gasteiger partial charge in [-0.25, -0.2) is 0 Å². The minimum Gasteiger partial charge on any atom is -0.396 e. The van der Waals surface area contributed by atoms with Crippen LogP contribution in [0.2, 0.25) is 0 Å². The van der Waals surface area contributed by atoms with Crippen molar-refractivity contribution in [2.24, 2.45) is 0 Å². The summed E-state index contributed by atoms with van der Waals surface area (Å²) in [6.07, 6.45) is 3.43. The van der Waals surface area contributed by atoms with Crippen LogP contribution in [0.1, 0.15) is 29.9 Å². The topological polar surface area (TPSA) is 35.9 Å². The minimum absolute atomic E-state index is 0.139. The van der Waals surface area contributed by atoms with Gasteiger partial charge in [0, 0.05) is 56.0 Å². The highest BCUT2D eigenvalue weighted by Crippen LogP contribution is 2.54. The van der Waals surface area contributed by atoms with Crippen LogP contribution in [0.25, 0.3) is 16.5 Å². The van der Waals surface area contributed by atoms with Gasteiger partial charge in [0.15, 0.2) is 0 Å². The molecule has 2 heterocycles. The zero-order valence-corrected chi connectivity index (χ0v) is 20.0. The maximum atomic E-state index is 10.0. The second-order valence-corrected chi connectivity index (χ2v) is 9.08. The lowest BCUT2D eigenvalue weighted by Gasteiger charge is -2.48. The van der Waals surface area contributed by atoms with Crippen LogP contribution in [0.3, 0.4) is 0 Å². The van der Waals surface area contributed by atoms with Gasteiger partial charge in [-0.1, -0.05) is 61.7 Å². The summed E-state index contributed by atoms with van der Waals surface area (Å²) in [6.45, 7) is 9.32. The Morgan fingerprint density at radius 1 is 1.06 bits per heavy atom. The first-order valence-electron chi connectivity index (χ1n) is 11.9. The molecule has 0 fully saturated rings. The van der Waals surface area contributed by atoms with E-state index in [1.54, 1.807) is 7.11 Å². The second-order valence-electron chi connectivity index (χ2n) is 9.08. The normalized spacial score (nSPS) is 19.0. The number of ether oxygens (including phenoxy) is 1. The number of benzene rings is 3. The second kappa shape index (κ2) is 9.13. The molecular formula is C30H32N2O2. The lowest BCUT2D eigenvalue weighted by Crippen LogP contribution is -2.44. The number of para-hydroxylation sites is 1. The van der Waals surface area contributed by atoms with Gasteiger partial charge in [-0.3, -0.25) is 0 Å². The maximum Gasteiger partial charge on any atom is 0.0768 e. The van der Waals surface area contributed by atoms with Gasteiger partial charge in [0.2, 0.25) is 0 Å². The Morgan fingerprint density at radius 3 is 2.56 bits per heavy atom. The Hall–Kier alpha value is -3.34. The van der Waals surface area contributed by atoms with E-state index in [1.807, 2.05) is 12.1 Å². The standard InChI is InChI=1S/C30H32N2O2/c1-5-20(2)29-30-28-24(23(17-19-34-4)25(16-18-33)31(30)3)15-14-21-10-9-13-26(27(21)28)32(29)22-11-7-6-8-12-22/h5-15,23,25,33H,1-2,16-19H2,3-4H3. The molecule has 1 N–H and O–H groups in total. The number of rotatable bonds is 8. The molecule has 0 radical (unpaired) electrons. The molecule has 4 nitrogen and oxygen atoms in total. The molecule has 0 saturated carbocycles. The Balaban J connectivity index is 1.90. The van der Waals surface area contributed by atoms with Gasteiger partial charge in [0.25, 0.3) is 0 Å². The molecule has 0 saturated heterocycles. The number of hydrogen-bond acceptors (Lipinski definition) is 4. The molecule has 2 aliphatic rings. The first kappa shape index (κ1) is 22.5. The van der Waals surface area contributed by atoms with Gasteiger partial charge >= 0.3 is 0 Å². The van der Waals surface area contributed by atoms with Crippen LogP contribution >= 0.6 is 0 Å². The number of aliphatic hydroxyl groups excluding tert-OH is 1. The highest BCUT2D eigenvalue weighted by Gasteiger charge is 2.41. The lowest BCUT2D eigenvalue weighted by atomic mass is 9.75. The van der Waals surface area contributed by atoms with E-state index in [4.69, 9.17) is 4.74 Å². The average molecular weight is 453 g/mol. The van der Waals surface area contributed by atoms with Crippen LogP contribution in [0.15, 0.2) is 91.2 Å². The molecule has 0 bridgehead atoms. The quantitative estimate of drug-likeness (QED) is 0.412. The summed E-state index contributed by atoms with van der Waals surface area (Å²) in [6, 6.07) is 21.7. The van der Waals surface area contributed by atoms with Crippen molar-refractivity contribution >= 4 is 27.8 Å². The van der Waals surface area contributed by atoms with E-state index in [1.165, 1.54) is 21.9 Å². The van der Waals surface area contributed by atoms with Crippen LogP contribution in [0.4, 0.5) is 11.4 Å². The summed E-state index contributed by atoms with van der Waals surface area (Å²) >= 11 is 0. The Kier molecular flexibility index (Phi) is 6.03. The van der Waals surface area contributed by atoms with Gasteiger partial charge in [0.05, 0.1) is 17.1 Å². The molecule has 2 aliphatic heterocycles. The lowest BCUT2D eigenvalue weighted by molar-refractivity contribution is 0.153. The van der Waals surface area contributed by atoms with Crippen molar-refractivity contribution in [3.63, 3.8) is 0 Å². The number of anilines is 2. The number of allylic oxidation sites excluding steroid dienone is 1. The van der Waals surface area contributed by atoms with E-state index in [-0.39, 0.29) is 18.6 Å². The molecule has 34 heavy (non-hydrogen) atoms. The molecule has 0 amide bonds. The third-order valence-corrected chi connectivity index (χ3v) is 7.32. The number of hydrogen-bond donors (Lipinski definition) is 1. The average Bonchev–Trinajstić information content (AvgIpc) is 2.88. The SMILES string of the molecule is C=CC(=C)C1=C2c3c(ccc4cccc(c34)N1c1ccccc1)C(CCOC)C(CCO)N2C. The summed E-state index contributed by atoms with van der Waals surface area (Å²) in [5.41, 5.74) is 7.92. The molecule has 0 spiro atoms. The predicted octanol–water partition coefficient (Wildman–Crippen LogP) is 6.22. The van der Waals surface area contributed by atoms with Gasteiger partial charge in [0.1, 0.15) is 0 Å². The third-order valence-electron chi connectivity index (χ3n) is 7.32. The van der Waals surface area contributed by atoms with Crippen LogP contribution in [0.5, 0.6) is 0 Å². The summed E-state index contributed by atoms with van der Waals surface area (Å²) < 4.78 is 5.50. The van der Waals surface area contributed by atoms with E-state index in [0.717, 1.165) is 34.8 Å². The first-order valence-corrected chi connectivity index (χ1v) is 11.9. The number of methoxy groups -OCH3 is 1. The molecule has 174 valence electrons. The van der Waals surface area contributed by atoms with Crippen LogP contribution in [-0.4, -0.2) is 43.4 Å². The van der Waals surface area contributed by atoms with E-state index in [9.17, 15) is 5.11 Å². The molecule has 3 aromatic rings. The zero-order valence-electron chi connectivity index (χ0n) is 20.0. The molecule has 0 aliphatic carbocycles. The summed E-state index contributed by atoms with van der Waals surface area (Å²) in [7, 11) is 3.91. The number of likely N-dealkylation sites (N-methyl/N-ethyl adjacent to an activating group) is 1. The molecule has 2 atom stereocenters. The molecule has 5 rings (SSSR count). The molecule has 2 unspecified atom stereocenters. The van der Waals surface area contributed by atoms with Crippen molar-refractivity contribution in [2.45, 2.75) is 24.8 Å². The largest absolute Gasteiger partial charge is 0.396 e. The number of nitrogens with zero attached hydrogens (tertiary/aromatic N) is 2. The number of aliphatic hydroxyl groups is 1. The fraction of sp³-hybridized carbons (Fsp3) is 0.267. The zero-order chi connectivity index (χ0) is 23.8. The van der Waals surface area contributed by atoms with Gasteiger partial charge in [-0.05, 0) is 47.6 Å². The van der Waals surface area contributed by atoms with E-state index in [2.05, 4.69) is 84.6 Å². The van der Waals surface area contributed by atoms with Crippen LogP contribution in [-0.2, 0) is 4.74 Å². The van der Waals surface area contributed by atoms with Crippen molar-refractivity contribution in [3.8, 4) is 0 Å². The van der Waals surface area contributed by atoms with Crippen molar-refractivity contribution in [1.29, 1.82) is 0 Å². The smallest absolute Gasteiger partial charge is 0.0768 e. The van der Waals surface area contributed by atoms with E-state index in [0.29, 0.717) is 13.0 Å². The third kappa shape index (κ3) is 3.37. The minimum atomic E-state index is 0.139. The van der Waals surface area contributed by atoms with Crippen molar-refractivity contribution in [1.82, 2.24) is 4.90 Å². The molecule has 4 heteroatoms. The summed E-state index contributed by atoms with van der Waals surface area (Å²) in [4.78, 5) is 4.69. The van der Waals surface area contributed by atoms with Crippen molar-refractivity contribution < 1.29 is 9.84 Å². The summed E-state index contributed by atoms with van der Waals surface area (Å²) in [5, 5.41) is 12.5.